The molecule has 0 saturated carbocycles. The van der Waals surface area contributed by atoms with Crippen molar-refractivity contribution in [2.45, 2.75) is 82.6 Å². The number of thiazole rings is 2. The molecule has 19 rings (SSSR count). The fraction of sp³-hybridized carbons (Fsp3) is 0.108. The third-order valence-electron chi connectivity index (χ3n) is 18.4. The Morgan fingerprint density at radius 3 is 1.26 bits per heavy atom. The van der Waals surface area contributed by atoms with Crippen LogP contribution in [0, 0.1) is 30.3 Å². The van der Waals surface area contributed by atoms with Crippen LogP contribution in [0.3, 0.4) is 0 Å². The van der Waals surface area contributed by atoms with E-state index < -0.39 is 0 Å². The van der Waals surface area contributed by atoms with E-state index in [1.165, 1.54) is 164 Å². The van der Waals surface area contributed by atoms with Gasteiger partial charge in [0.05, 0.1) is 55.9 Å². The van der Waals surface area contributed by atoms with E-state index >= 15 is 0 Å². The number of benzene rings is 13. The summed E-state index contributed by atoms with van der Waals surface area (Å²) in [4.78, 5) is 85.1. The molecule has 0 aliphatic carbocycles. The molecule has 6 aromatic heterocycles. The maximum absolute atomic E-state index is 12.3. The number of aromatic nitrogens is 5. The van der Waals surface area contributed by atoms with Crippen molar-refractivity contribution < 1.29 is 159 Å². The van der Waals surface area contributed by atoms with Crippen LogP contribution in [-0.4, -0.2) is 79.4 Å². The number of allylic oxidation sites excluding steroid dienone is 10. The molecular formula is C111H94Ir5N5O13S2-5. The number of aliphatic hydroxyl groups is 5. The van der Waals surface area contributed by atoms with Crippen LogP contribution < -0.4 is 5.63 Å². The number of pyridine rings is 2. The van der Waals surface area contributed by atoms with Gasteiger partial charge in [0.25, 0.3) is 5.63 Å². The second-order valence-electron chi connectivity index (χ2n) is 29.4. The van der Waals surface area contributed by atoms with Crippen LogP contribution in [0.2, 0.25) is 0 Å². The fourth-order valence-electron chi connectivity index (χ4n) is 12.9. The quantitative estimate of drug-likeness (QED) is 0.0348. The fourth-order valence-corrected chi connectivity index (χ4v) is 14.9. The number of hydrogen-bond acceptors (Lipinski definition) is 20. The zero-order valence-electron chi connectivity index (χ0n) is 75.6. The topological polar surface area (TPSA) is 294 Å². The zero-order chi connectivity index (χ0) is 93.9. The molecule has 25 heteroatoms. The molecule has 0 amide bonds. The van der Waals surface area contributed by atoms with Crippen LogP contribution in [0.25, 0.3) is 151 Å². The summed E-state index contributed by atoms with van der Waals surface area (Å²) in [5.74, 6) is 0.310. The monoisotopic (exact) mass is 2730 g/mol. The van der Waals surface area contributed by atoms with E-state index in [0.717, 1.165) is 88.2 Å². The molecule has 19 aromatic rings. The summed E-state index contributed by atoms with van der Waals surface area (Å²) in [5.41, 5.74) is 11.4. The maximum atomic E-state index is 12.3. The van der Waals surface area contributed by atoms with Gasteiger partial charge in [-0.2, -0.15) is 22.7 Å². The van der Waals surface area contributed by atoms with Gasteiger partial charge in [0.15, 0.2) is 28.9 Å². The largest absolute Gasteiger partial charge is 0.512 e. The average molecular weight is 2730 g/mol. The van der Waals surface area contributed by atoms with Crippen LogP contribution in [0.5, 0.6) is 0 Å². The Balaban J connectivity index is 0.000000275. The Bertz CT molecular complexity index is 7020. The van der Waals surface area contributed by atoms with E-state index in [2.05, 4.69) is 209 Å². The molecule has 0 fully saturated rings. The van der Waals surface area contributed by atoms with Crippen LogP contribution in [0.15, 0.2) is 370 Å². The first-order valence-corrected chi connectivity index (χ1v) is 43.0. The summed E-state index contributed by atoms with van der Waals surface area (Å²) >= 11 is 3.20. The second-order valence-corrected chi connectivity index (χ2v) is 31.5. The summed E-state index contributed by atoms with van der Waals surface area (Å²) in [6, 6.07) is 112. The van der Waals surface area contributed by atoms with Crippen molar-refractivity contribution in [3.63, 3.8) is 0 Å². The van der Waals surface area contributed by atoms with Gasteiger partial charge in [0.2, 0.25) is 0 Å². The third-order valence-corrected chi connectivity index (χ3v) is 20.5. The molecule has 136 heavy (non-hydrogen) atoms. The summed E-state index contributed by atoms with van der Waals surface area (Å²) < 4.78 is 13.3. The molecule has 13 aromatic carbocycles. The Morgan fingerprint density at radius 1 is 0.360 bits per heavy atom. The molecule has 6 heterocycles. The van der Waals surface area contributed by atoms with E-state index in [0.29, 0.717) is 22.0 Å². The van der Waals surface area contributed by atoms with Crippen molar-refractivity contribution in [3.8, 4) is 55.1 Å². The smallest absolute Gasteiger partial charge is 0.269 e. The summed E-state index contributed by atoms with van der Waals surface area (Å²) in [6.07, 6.45) is 10.5. The number of nitrogens with zero attached hydrogens (tertiary/aromatic N) is 5. The van der Waals surface area contributed by atoms with Gasteiger partial charge < -0.3 is 44.3 Å². The molecule has 0 unspecified atom stereocenters. The Kier molecular flexibility index (Phi) is 48.4. The number of aliphatic hydroxyl groups excluding tert-OH is 5. The number of aryl methyl sites for hydroxylation is 1. The normalized spacial score (nSPS) is 10.7. The number of carbonyl (C=O) groups excluding carboxylic acids is 5. The van der Waals surface area contributed by atoms with Crippen molar-refractivity contribution in [2.24, 2.45) is 0 Å². The summed E-state index contributed by atoms with van der Waals surface area (Å²) in [6.45, 7) is 16.3. The van der Waals surface area contributed by atoms with E-state index in [-0.39, 0.29) is 164 Å². The first-order chi connectivity index (χ1) is 63.1. The van der Waals surface area contributed by atoms with Crippen LogP contribution in [0.1, 0.15) is 81.7 Å². The standard InChI is InChI=1S/2C19H12N.C18H12NO2S.C17H10NS.C13H8NO.5C5H8O2.5Ir/c1-2-8-16-13-20-19(12-15(16)7-1)18-11-5-9-14-6-3-4-10-17(14)18;1-2-7-16-13-17(10-9-14(16)5-1)19-18-8-4-3-6-15(18)11-12-20-19;1-2-11-7-8-12-10-13(18(20)21-15(12)9-11)17-19-14-5-3-4-6-16(14)22-17;1-2-8-13-12(6-1)7-5-9-14(13)17-18-15-10-3-4-11-16(15)19-17;1-2-6-10(7-3-1)13-14-11-8-4-5-9-12(11)15-13;5*1-4(6)3-5(2)7;;;;;/h1-10,12-13H;1-9,11-13H;3-9H,2H2,1H3;1-8,10-11H;1-6,8-9H;5*3,6H,1-2H3;;;;;/q5*-1;;;;;;;;;;. The number of para-hydroxylation sites is 4. The van der Waals surface area contributed by atoms with Gasteiger partial charge in [-0.25, -0.2) is 0 Å². The molecule has 0 aliphatic heterocycles. The predicted octanol–water partition coefficient (Wildman–Crippen LogP) is 27.5. The number of hydrogen-bond donors (Lipinski definition) is 5. The molecule has 5 N–H and O–H groups in total. The number of fused-ring (bicyclic) bond motifs is 9. The molecule has 0 atom stereocenters. The molecule has 0 saturated heterocycles. The molecule has 18 nitrogen and oxygen atoms in total. The molecule has 5 radical (unpaired) electrons. The Labute approximate surface area is 864 Å². The minimum atomic E-state index is -0.389. The molecule has 0 aliphatic rings. The number of ketones is 5. The van der Waals surface area contributed by atoms with Crippen molar-refractivity contribution in [2.75, 3.05) is 0 Å². The molecular weight excluding hydrogens is 2640 g/mol. The van der Waals surface area contributed by atoms with Gasteiger partial charge in [0.1, 0.15) is 11.5 Å². The van der Waals surface area contributed by atoms with Crippen LogP contribution >= 0.6 is 22.7 Å². The van der Waals surface area contributed by atoms with Gasteiger partial charge in [-0.3, -0.25) is 43.7 Å². The average Bonchev–Trinajstić information content (AvgIpc) is 1.52. The van der Waals surface area contributed by atoms with Crippen molar-refractivity contribution in [1.29, 1.82) is 0 Å². The van der Waals surface area contributed by atoms with Crippen LogP contribution in [-0.2, 0) is 131 Å². The van der Waals surface area contributed by atoms with Gasteiger partial charge in [-0.15, -0.1) is 130 Å². The Morgan fingerprint density at radius 2 is 0.787 bits per heavy atom. The van der Waals surface area contributed by atoms with E-state index in [1.807, 2.05) is 146 Å². The number of carbonyl (C=O) groups is 5. The van der Waals surface area contributed by atoms with Crippen molar-refractivity contribution >= 4 is 148 Å². The minimum absolute atomic E-state index is 0. The van der Waals surface area contributed by atoms with E-state index in [4.69, 9.17) is 39.4 Å². The third kappa shape index (κ3) is 35.5. The van der Waals surface area contributed by atoms with E-state index in [1.54, 1.807) is 11.3 Å². The number of oxazole rings is 1. The molecule has 0 bridgehead atoms. The molecule has 0 spiro atoms. The van der Waals surface area contributed by atoms with Gasteiger partial charge in [0, 0.05) is 158 Å². The second kappa shape index (κ2) is 57.8. The van der Waals surface area contributed by atoms with Crippen LogP contribution in [0.4, 0.5) is 0 Å². The Hall–Kier alpha value is -12.8. The predicted molar refractivity (Wildman–Crippen MR) is 531 cm³/mol. The SMILES string of the molecule is CC(=O)C=C(C)O.CC(=O)C=C(C)O.CC(=O)C=C(C)O.CC(=O)C=C(C)O.CC(=O)C=C(C)O.CCc1ccc2[c-]c(-c3nc4ccccc4s3)c(=O)oc2c1.[Ir].[Ir].[Ir].[Ir].[Ir].[c-]1cc2ccccc2cc1-c1nccc2ccccc12.[c-]1ccc2ccccc2c1-c1cc2ccccc2cn1.[c-]1ccc2ccccc2c1-c1nc2ccccc2s1.[c-]1ccccc1-c1nc2ccccc2o1. The number of rotatable bonds is 11. The summed E-state index contributed by atoms with van der Waals surface area (Å²) in [5, 5.41) is 56.3. The zero-order valence-corrected chi connectivity index (χ0v) is 89.2. The first kappa shape index (κ1) is 114. The molecule has 703 valence electrons. The van der Waals surface area contributed by atoms with Crippen molar-refractivity contribution in [1.82, 2.24) is 24.9 Å². The minimum Gasteiger partial charge on any atom is -0.512 e. The van der Waals surface area contributed by atoms with Gasteiger partial charge in [-0.1, -0.05) is 216 Å². The van der Waals surface area contributed by atoms with Crippen molar-refractivity contribution in [3.05, 3.63) is 403 Å². The van der Waals surface area contributed by atoms with Gasteiger partial charge in [-0.05, 0) is 157 Å². The maximum Gasteiger partial charge on any atom is 0.269 e. The summed E-state index contributed by atoms with van der Waals surface area (Å²) in [7, 11) is 0. The van der Waals surface area contributed by atoms with E-state index in [9.17, 15) is 28.8 Å². The first-order valence-electron chi connectivity index (χ1n) is 41.4. The van der Waals surface area contributed by atoms with Gasteiger partial charge >= 0.3 is 0 Å².